The second-order valence-corrected chi connectivity index (χ2v) is 15.0. The highest BCUT2D eigenvalue weighted by Gasteiger charge is 2.67. The van der Waals surface area contributed by atoms with Crippen molar-refractivity contribution in [1.82, 2.24) is 0 Å². The molecule has 0 radical (unpaired) electrons. The Kier molecular flexibility index (Phi) is 9.80. The summed E-state index contributed by atoms with van der Waals surface area (Å²) in [4.78, 5) is 46.7. The lowest BCUT2D eigenvalue weighted by Crippen LogP contribution is -2.63. The van der Waals surface area contributed by atoms with Gasteiger partial charge in [0.2, 0.25) is 0 Å². The number of carbonyl (C=O) groups is 4. The van der Waals surface area contributed by atoms with E-state index < -0.39 is 39.5 Å². The molecule has 1 N–H and O–H groups in total. The molecule has 4 aliphatic carbocycles. The molecule has 0 heterocycles. The molecular formula is C29H42F2O11S. The van der Waals surface area contributed by atoms with Crippen molar-refractivity contribution in [3.8, 4) is 0 Å². The summed E-state index contributed by atoms with van der Waals surface area (Å²) in [5.74, 6) is -0.869. The van der Waals surface area contributed by atoms with Gasteiger partial charge < -0.3 is 18.9 Å². The van der Waals surface area contributed by atoms with Crippen LogP contribution in [0.4, 0.5) is 8.78 Å². The molecule has 0 aromatic heterocycles. The van der Waals surface area contributed by atoms with E-state index in [0.717, 1.165) is 25.7 Å². The second kappa shape index (κ2) is 12.6. The third-order valence-electron chi connectivity index (χ3n) is 11.7. The number of rotatable bonds is 13. The van der Waals surface area contributed by atoms with Gasteiger partial charge in [0.1, 0.15) is 18.3 Å². The summed E-state index contributed by atoms with van der Waals surface area (Å²) < 4.78 is 78.5. The zero-order valence-corrected chi connectivity index (χ0v) is 25.5. The van der Waals surface area contributed by atoms with Gasteiger partial charge in [0.25, 0.3) is 19.4 Å². The maximum atomic E-state index is 13.5. The summed E-state index contributed by atoms with van der Waals surface area (Å²) in [7, 11) is -5.72. The topological polar surface area (TPSA) is 160 Å². The minimum absolute atomic E-state index is 0.0105. The quantitative estimate of drug-likeness (QED) is 0.135. The van der Waals surface area contributed by atoms with E-state index in [1.807, 2.05) is 6.92 Å². The molecule has 4 fully saturated rings. The number of esters is 1. The number of alkyl halides is 2. The fraction of sp³-hybridized carbons (Fsp3) is 0.862. The molecule has 4 saturated carbocycles. The van der Waals surface area contributed by atoms with Gasteiger partial charge in [0, 0.05) is 17.8 Å². The van der Waals surface area contributed by atoms with Crippen LogP contribution < -0.4 is 0 Å². The van der Waals surface area contributed by atoms with E-state index in [2.05, 4.69) is 18.6 Å². The molecule has 4 rings (SSSR count). The number of fused-ring (bicyclic) bond motifs is 5. The Hall–Kier alpha value is -2.35. The highest BCUT2D eigenvalue weighted by molar-refractivity contribution is 7.86. The lowest BCUT2D eigenvalue weighted by Gasteiger charge is -2.64. The average Bonchev–Trinajstić information content (AvgIpc) is 3.29. The van der Waals surface area contributed by atoms with Crippen LogP contribution in [0.25, 0.3) is 0 Å². The van der Waals surface area contributed by atoms with E-state index in [-0.39, 0.29) is 66.0 Å². The Morgan fingerprint density at radius 2 is 1.67 bits per heavy atom. The average molecular weight is 637 g/mol. The van der Waals surface area contributed by atoms with E-state index in [1.165, 1.54) is 0 Å². The van der Waals surface area contributed by atoms with Crippen molar-refractivity contribution in [3.05, 3.63) is 0 Å². The second-order valence-electron chi connectivity index (χ2n) is 13.4. The van der Waals surface area contributed by atoms with Crippen LogP contribution >= 0.6 is 0 Å². The van der Waals surface area contributed by atoms with E-state index >= 15 is 0 Å². The van der Waals surface area contributed by atoms with Gasteiger partial charge >= 0.3 is 21.3 Å². The van der Waals surface area contributed by atoms with Gasteiger partial charge in [0.15, 0.2) is 6.61 Å². The molecule has 0 saturated heterocycles. The Morgan fingerprint density at radius 1 is 1.00 bits per heavy atom. The van der Waals surface area contributed by atoms with Crippen molar-refractivity contribution in [2.45, 2.75) is 102 Å². The minimum atomic E-state index is -5.72. The predicted molar refractivity (Wildman–Crippen MR) is 145 cm³/mol. The van der Waals surface area contributed by atoms with Crippen LogP contribution in [0.1, 0.15) is 78.6 Å². The first kappa shape index (κ1) is 33.5. The van der Waals surface area contributed by atoms with Crippen molar-refractivity contribution in [3.63, 3.8) is 0 Å². The number of ether oxygens (including phenoxy) is 4. The fourth-order valence-electron chi connectivity index (χ4n) is 9.61. The smallest absolute Gasteiger partial charge is 0.402 e. The summed E-state index contributed by atoms with van der Waals surface area (Å²) in [5, 5.41) is -4.60. The van der Waals surface area contributed by atoms with Crippen LogP contribution in [0, 0.1) is 46.3 Å². The van der Waals surface area contributed by atoms with Crippen molar-refractivity contribution in [2.75, 3.05) is 6.61 Å². The first-order chi connectivity index (χ1) is 20.1. The van der Waals surface area contributed by atoms with Crippen LogP contribution in [0.15, 0.2) is 0 Å². The van der Waals surface area contributed by atoms with Gasteiger partial charge in [-0.15, -0.1) is 0 Å². The van der Waals surface area contributed by atoms with E-state index in [9.17, 15) is 36.4 Å². The predicted octanol–water partition coefficient (Wildman–Crippen LogP) is 3.93. The molecule has 4 aliphatic rings. The fourth-order valence-corrected chi connectivity index (χ4v) is 9.81. The van der Waals surface area contributed by atoms with Crippen LogP contribution in [-0.4, -0.2) is 68.5 Å². The van der Waals surface area contributed by atoms with Crippen LogP contribution in [-0.2, 0) is 48.2 Å². The van der Waals surface area contributed by atoms with E-state index in [0.29, 0.717) is 38.7 Å². The Balaban J connectivity index is 1.54. The summed E-state index contributed by atoms with van der Waals surface area (Å²) >= 11 is 0. The Bertz CT molecular complexity index is 1170. The largest absolute Gasteiger partial charge is 0.465 e. The first-order valence-electron chi connectivity index (χ1n) is 14.9. The summed E-state index contributed by atoms with van der Waals surface area (Å²) in [6.07, 6.45) is 3.99. The highest BCUT2D eigenvalue weighted by Crippen LogP contribution is 2.69. The maximum absolute atomic E-state index is 13.5. The van der Waals surface area contributed by atoms with Crippen LogP contribution in [0.5, 0.6) is 0 Å². The Morgan fingerprint density at radius 3 is 2.30 bits per heavy atom. The first-order valence-corrected chi connectivity index (χ1v) is 16.4. The zero-order valence-electron chi connectivity index (χ0n) is 24.7. The number of halogens is 2. The number of hydrogen-bond donors (Lipinski definition) is 1. The monoisotopic (exact) mass is 636 g/mol. The van der Waals surface area contributed by atoms with E-state index in [4.69, 9.17) is 18.8 Å². The van der Waals surface area contributed by atoms with Gasteiger partial charge in [0.05, 0.1) is 0 Å². The molecule has 244 valence electrons. The van der Waals surface area contributed by atoms with Gasteiger partial charge in [-0.2, -0.15) is 17.2 Å². The normalized spacial score (nSPS) is 39.7. The molecule has 11 atom stereocenters. The molecule has 0 amide bonds. The molecule has 1 unspecified atom stereocenters. The lowest BCUT2D eigenvalue weighted by atomic mass is 9.43. The molecular weight excluding hydrogens is 594 g/mol. The molecule has 0 spiro atoms. The summed E-state index contributed by atoms with van der Waals surface area (Å²) in [6.45, 7) is 5.93. The maximum Gasteiger partial charge on any atom is 0.402 e. The molecule has 14 heteroatoms. The molecule has 43 heavy (non-hydrogen) atoms. The van der Waals surface area contributed by atoms with Gasteiger partial charge in [-0.1, -0.05) is 20.8 Å². The standard InChI is InChI=1S/C29H42F2O11S/c1-17(4-7-25(35)39-13-29(30,31)43(36,37)38)20-5-6-21-26-22(12-24(42-16-34)28(20,21)3)27(2)9-8-19(40-14-32)10-18(27)11-23(26)41-15-33/h14-24,26H,4-13H2,1-3H3,(H,36,37,38)/t17-,18?,19-,20-,21+,22+,23-,24+,26+,27+,28-/m1/s1. The van der Waals surface area contributed by atoms with Crippen molar-refractivity contribution in [1.29, 1.82) is 0 Å². The van der Waals surface area contributed by atoms with Crippen LogP contribution in [0.2, 0.25) is 0 Å². The van der Waals surface area contributed by atoms with Gasteiger partial charge in [-0.25, -0.2) is 0 Å². The summed E-state index contributed by atoms with van der Waals surface area (Å²) in [5.41, 5.74) is -0.658. The molecule has 0 aromatic carbocycles. The van der Waals surface area contributed by atoms with E-state index in [1.54, 1.807) is 0 Å². The lowest BCUT2D eigenvalue weighted by molar-refractivity contribution is -0.218. The molecule has 11 nitrogen and oxygen atoms in total. The molecule has 0 aromatic rings. The third-order valence-corrected chi connectivity index (χ3v) is 12.6. The van der Waals surface area contributed by atoms with Crippen molar-refractivity contribution in [2.24, 2.45) is 46.3 Å². The molecule has 0 bridgehead atoms. The Labute approximate surface area is 250 Å². The number of hydrogen-bond acceptors (Lipinski definition) is 10. The minimum Gasteiger partial charge on any atom is -0.465 e. The van der Waals surface area contributed by atoms with Crippen molar-refractivity contribution >= 4 is 35.5 Å². The van der Waals surface area contributed by atoms with Gasteiger partial charge in [-0.05, 0) is 86.4 Å². The van der Waals surface area contributed by atoms with Crippen LogP contribution in [0.3, 0.4) is 0 Å². The highest BCUT2D eigenvalue weighted by atomic mass is 32.2. The van der Waals surface area contributed by atoms with Gasteiger partial charge in [-0.3, -0.25) is 23.7 Å². The number of carbonyl (C=O) groups excluding carboxylic acids is 4. The SMILES string of the molecule is C[C@H](CCC(=O)OCC(F)(F)S(=O)(=O)O)[C@H]1CC[C@H]2[C@@H]3[C@H](OC=O)CC4C[C@H](OC=O)CC[C@]4(C)[C@H]3C[C@H](OC=O)[C@]12C. The summed E-state index contributed by atoms with van der Waals surface area (Å²) in [6, 6.07) is 0. The third kappa shape index (κ3) is 6.14. The molecule has 0 aliphatic heterocycles. The zero-order chi connectivity index (χ0) is 31.8. The van der Waals surface area contributed by atoms with Crippen molar-refractivity contribution < 1.29 is 59.9 Å².